The topological polar surface area (TPSA) is 26.3 Å². The number of hydrogen-bond acceptors (Lipinski definition) is 2. The summed E-state index contributed by atoms with van der Waals surface area (Å²) >= 11 is 0. The van der Waals surface area contributed by atoms with Crippen molar-refractivity contribution in [3.8, 4) is 16.9 Å². The Morgan fingerprint density at radius 3 is 2.50 bits per heavy atom. The lowest BCUT2D eigenvalue weighted by atomic mass is 9.94. The molecule has 0 atom stereocenters. The van der Waals surface area contributed by atoms with Crippen LogP contribution in [0.15, 0.2) is 42.5 Å². The summed E-state index contributed by atoms with van der Waals surface area (Å²) in [5.41, 5.74) is 4.07. The Balaban J connectivity index is 2.50. The van der Waals surface area contributed by atoms with Gasteiger partial charge in [-0.15, -0.1) is 0 Å². The summed E-state index contributed by atoms with van der Waals surface area (Å²) in [6, 6.07) is 13.8. The highest BCUT2D eigenvalue weighted by molar-refractivity contribution is 5.98. The van der Waals surface area contributed by atoms with E-state index in [1.807, 2.05) is 56.3 Å². The minimum Gasteiger partial charge on any atom is -0.497 e. The summed E-state index contributed by atoms with van der Waals surface area (Å²) in [7, 11) is 1.66. The van der Waals surface area contributed by atoms with Crippen molar-refractivity contribution in [3.63, 3.8) is 0 Å². The maximum Gasteiger partial charge on any atom is 0.165 e. The zero-order valence-electron chi connectivity index (χ0n) is 12.4. The van der Waals surface area contributed by atoms with Crippen molar-refractivity contribution in [1.82, 2.24) is 0 Å². The lowest BCUT2D eigenvalue weighted by Gasteiger charge is -2.11. The summed E-state index contributed by atoms with van der Waals surface area (Å²) in [5, 5.41) is 0. The molecule has 0 bridgehead atoms. The van der Waals surface area contributed by atoms with Crippen LogP contribution in [0.4, 0.5) is 0 Å². The third kappa shape index (κ3) is 2.90. The molecule has 0 radical (unpaired) electrons. The van der Waals surface area contributed by atoms with Gasteiger partial charge in [-0.3, -0.25) is 4.79 Å². The van der Waals surface area contributed by atoms with Crippen molar-refractivity contribution in [2.45, 2.75) is 20.8 Å². The van der Waals surface area contributed by atoms with Crippen LogP contribution in [0.25, 0.3) is 11.1 Å². The van der Waals surface area contributed by atoms with E-state index in [9.17, 15) is 4.79 Å². The monoisotopic (exact) mass is 268 g/mol. The van der Waals surface area contributed by atoms with E-state index in [2.05, 4.69) is 6.92 Å². The van der Waals surface area contributed by atoms with E-state index < -0.39 is 0 Å². The van der Waals surface area contributed by atoms with E-state index in [0.29, 0.717) is 0 Å². The molecule has 0 fully saturated rings. The summed E-state index contributed by atoms with van der Waals surface area (Å²) in [4.78, 5) is 12.1. The van der Waals surface area contributed by atoms with Gasteiger partial charge in [-0.25, -0.2) is 0 Å². The van der Waals surface area contributed by atoms with Crippen LogP contribution in [-0.2, 0) is 0 Å². The van der Waals surface area contributed by atoms with Gasteiger partial charge in [-0.1, -0.05) is 38.1 Å². The van der Waals surface area contributed by atoms with Crippen molar-refractivity contribution >= 4 is 5.78 Å². The van der Waals surface area contributed by atoms with Gasteiger partial charge >= 0.3 is 0 Å². The molecular formula is C18H20O2. The van der Waals surface area contributed by atoms with Crippen molar-refractivity contribution < 1.29 is 9.53 Å². The number of Topliss-reactive ketones (excluding diaryl/α,β-unsaturated/α-hetero) is 1. The average Bonchev–Trinajstić information content (AvgIpc) is 2.47. The number of aryl methyl sites for hydroxylation is 1. The Hall–Kier alpha value is -2.09. The van der Waals surface area contributed by atoms with Crippen molar-refractivity contribution in [3.05, 3.63) is 53.6 Å². The van der Waals surface area contributed by atoms with Crippen LogP contribution < -0.4 is 4.74 Å². The molecule has 0 saturated heterocycles. The number of carbonyl (C=O) groups is 1. The average molecular weight is 268 g/mol. The Labute approximate surface area is 120 Å². The molecule has 20 heavy (non-hydrogen) atoms. The maximum absolute atomic E-state index is 12.1. The van der Waals surface area contributed by atoms with Crippen molar-refractivity contribution in [2.75, 3.05) is 7.11 Å². The predicted molar refractivity (Wildman–Crippen MR) is 82.3 cm³/mol. The highest BCUT2D eigenvalue weighted by Gasteiger charge is 2.12. The van der Waals surface area contributed by atoms with Crippen molar-refractivity contribution in [1.29, 1.82) is 0 Å². The first-order valence-corrected chi connectivity index (χ1v) is 6.82. The summed E-state index contributed by atoms with van der Waals surface area (Å²) in [6.45, 7) is 5.90. The third-order valence-corrected chi connectivity index (χ3v) is 3.43. The van der Waals surface area contributed by atoms with E-state index in [0.717, 1.165) is 28.0 Å². The van der Waals surface area contributed by atoms with E-state index in [4.69, 9.17) is 4.74 Å². The van der Waals surface area contributed by atoms with Gasteiger partial charge in [0.25, 0.3) is 0 Å². The Morgan fingerprint density at radius 1 is 1.10 bits per heavy atom. The molecule has 0 aliphatic heterocycles. The fraction of sp³-hybridized carbons (Fsp3) is 0.278. The third-order valence-electron chi connectivity index (χ3n) is 3.43. The molecule has 2 nitrogen and oxygen atoms in total. The standard InChI is InChI=1S/C18H20O2/c1-12(2)18(19)15-9-8-13(3)17(11-15)14-6-5-7-16(10-14)20-4/h5-12H,1-4H3. The number of hydrogen-bond donors (Lipinski definition) is 0. The molecule has 0 aliphatic carbocycles. The molecule has 2 heteroatoms. The molecule has 0 amide bonds. The second kappa shape index (κ2) is 5.91. The number of ether oxygens (including phenoxy) is 1. The molecule has 104 valence electrons. The van der Waals surface area contributed by atoms with E-state index in [-0.39, 0.29) is 11.7 Å². The molecule has 2 aromatic rings. The second-order valence-corrected chi connectivity index (χ2v) is 5.28. The zero-order valence-corrected chi connectivity index (χ0v) is 12.4. The second-order valence-electron chi connectivity index (χ2n) is 5.28. The maximum atomic E-state index is 12.1. The van der Waals surface area contributed by atoms with Crippen LogP contribution in [0.5, 0.6) is 5.75 Å². The SMILES string of the molecule is COc1cccc(-c2cc(C(=O)C(C)C)ccc2C)c1. The Kier molecular flexibility index (Phi) is 4.23. The first-order valence-electron chi connectivity index (χ1n) is 6.82. The number of methoxy groups -OCH3 is 1. The molecule has 0 saturated carbocycles. The fourth-order valence-corrected chi connectivity index (χ4v) is 2.21. The van der Waals surface area contributed by atoms with E-state index in [1.54, 1.807) is 7.11 Å². The summed E-state index contributed by atoms with van der Waals surface area (Å²) in [5.74, 6) is 1.01. The van der Waals surface area contributed by atoms with Gasteiger partial charge in [-0.2, -0.15) is 0 Å². The van der Waals surface area contributed by atoms with E-state index >= 15 is 0 Å². The van der Waals surface area contributed by atoms with Gasteiger partial charge in [0.05, 0.1) is 7.11 Å². The van der Waals surface area contributed by atoms with Gasteiger partial charge in [0.15, 0.2) is 5.78 Å². The fourth-order valence-electron chi connectivity index (χ4n) is 2.21. The summed E-state index contributed by atoms with van der Waals surface area (Å²) in [6.07, 6.45) is 0. The molecule has 0 unspecified atom stereocenters. The Bertz CT molecular complexity index is 627. The number of carbonyl (C=O) groups excluding carboxylic acids is 1. The molecule has 0 N–H and O–H groups in total. The quantitative estimate of drug-likeness (QED) is 0.763. The van der Waals surface area contributed by atoms with Gasteiger partial charge < -0.3 is 4.74 Å². The van der Waals surface area contributed by atoms with Crippen LogP contribution in [0.2, 0.25) is 0 Å². The zero-order chi connectivity index (χ0) is 14.7. The molecule has 2 rings (SSSR count). The lowest BCUT2D eigenvalue weighted by molar-refractivity contribution is 0.0939. The minimum atomic E-state index is 0.0101. The number of benzene rings is 2. The molecule has 0 aromatic heterocycles. The van der Waals surface area contributed by atoms with Crippen LogP contribution in [0.1, 0.15) is 29.8 Å². The van der Waals surface area contributed by atoms with Crippen LogP contribution in [-0.4, -0.2) is 12.9 Å². The minimum absolute atomic E-state index is 0.0101. The molecular weight excluding hydrogens is 248 g/mol. The number of rotatable bonds is 4. The van der Waals surface area contributed by atoms with Crippen LogP contribution in [0, 0.1) is 12.8 Å². The first-order chi connectivity index (χ1) is 9.52. The number of ketones is 1. The van der Waals surface area contributed by atoms with Gasteiger partial charge in [0.2, 0.25) is 0 Å². The molecule has 0 aliphatic rings. The largest absolute Gasteiger partial charge is 0.497 e. The first kappa shape index (κ1) is 14.3. The molecule has 0 heterocycles. The highest BCUT2D eigenvalue weighted by Crippen LogP contribution is 2.28. The molecule has 0 spiro atoms. The van der Waals surface area contributed by atoms with Crippen molar-refractivity contribution in [2.24, 2.45) is 5.92 Å². The van der Waals surface area contributed by atoms with Gasteiger partial charge in [0.1, 0.15) is 5.75 Å². The highest BCUT2D eigenvalue weighted by atomic mass is 16.5. The predicted octanol–water partition coefficient (Wildman–Crippen LogP) is 4.51. The normalized spacial score (nSPS) is 10.7. The van der Waals surface area contributed by atoms with Crippen LogP contribution >= 0.6 is 0 Å². The molecule has 2 aromatic carbocycles. The smallest absolute Gasteiger partial charge is 0.165 e. The lowest BCUT2D eigenvalue weighted by Crippen LogP contribution is -2.07. The van der Waals surface area contributed by atoms with E-state index in [1.165, 1.54) is 0 Å². The van der Waals surface area contributed by atoms with Crippen LogP contribution in [0.3, 0.4) is 0 Å². The van der Waals surface area contributed by atoms with Gasteiger partial charge in [-0.05, 0) is 41.8 Å². The van der Waals surface area contributed by atoms with Gasteiger partial charge in [0, 0.05) is 11.5 Å². The summed E-state index contributed by atoms with van der Waals surface area (Å²) < 4.78 is 5.27. The Morgan fingerprint density at radius 2 is 1.85 bits per heavy atom.